The molecule has 2 aromatic carbocycles. The first kappa shape index (κ1) is 24.8. The van der Waals surface area contributed by atoms with E-state index in [2.05, 4.69) is 20.9 Å². The molecule has 1 atom stereocenters. The van der Waals surface area contributed by atoms with E-state index < -0.39 is 11.6 Å². The molecule has 1 saturated heterocycles. The molecule has 3 rings (SSSR count). The average Bonchev–Trinajstić information content (AvgIpc) is 3.20. The largest absolute Gasteiger partial charge is 0.367 e. The Morgan fingerprint density at radius 2 is 1.94 bits per heavy atom. The Kier molecular flexibility index (Phi) is 9.96. The number of rotatable bonds is 7. The summed E-state index contributed by atoms with van der Waals surface area (Å²) < 4.78 is 27.1. The first-order valence-corrected chi connectivity index (χ1v) is 10.0. The predicted octanol–water partition coefficient (Wildman–Crippen LogP) is 2.69. The molecule has 1 aliphatic heterocycles. The van der Waals surface area contributed by atoms with Gasteiger partial charge in [0.2, 0.25) is 5.91 Å². The Labute approximate surface area is 198 Å². The lowest BCUT2D eigenvalue weighted by Crippen LogP contribution is -2.47. The van der Waals surface area contributed by atoms with Crippen molar-refractivity contribution in [1.82, 2.24) is 16.0 Å². The van der Waals surface area contributed by atoms with E-state index >= 15 is 0 Å². The molecule has 0 spiro atoms. The maximum Gasteiger partial charge on any atom is 0.239 e. The van der Waals surface area contributed by atoms with Crippen LogP contribution in [0.4, 0.5) is 14.5 Å². The first-order valence-electron chi connectivity index (χ1n) is 10.0. The number of hydrogen-bond donors (Lipinski definition) is 3. The number of aliphatic imine (C=N–C) groups is 1. The van der Waals surface area contributed by atoms with E-state index in [-0.39, 0.29) is 42.5 Å². The number of amides is 1. The highest BCUT2D eigenvalue weighted by Gasteiger charge is 2.25. The molecule has 1 amide bonds. The summed E-state index contributed by atoms with van der Waals surface area (Å²) in [6, 6.07) is 13.6. The van der Waals surface area contributed by atoms with Gasteiger partial charge < -0.3 is 20.9 Å². The van der Waals surface area contributed by atoms with Gasteiger partial charge in [-0.25, -0.2) is 8.78 Å². The average molecular weight is 543 g/mol. The zero-order valence-electron chi connectivity index (χ0n) is 17.4. The van der Waals surface area contributed by atoms with Crippen molar-refractivity contribution >= 4 is 41.5 Å². The van der Waals surface area contributed by atoms with Crippen molar-refractivity contribution in [2.75, 3.05) is 38.1 Å². The van der Waals surface area contributed by atoms with Gasteiger partial charge in [-0.2, -0.15) is 0 Å². The van der Waals surface area contributed by atoms with E-state index in [4.69, 9.17) is 0 Å². The third-order valence-corrected chi connectivity index (χ3v) is 5.00. The number of nitrogens with zero attached hydrogens (tertiary/aromatic N) is 2. The molecule has 0 bridgehead atoms. The fourth-order valence-electron chi connectivity index (χ4n) is 3.44. The van der Waals surface area contributed by atoms with Gasteiger partial charge in [0.1, 0.15) is 11.6 Å². The van der Waals surface area contributed by atoms with E-state index in [0.29, 0.717) is 31.3 Å². The van der Waals surface area contributed by atoms with Crippen molar-refractivity contribution < 1.29 is 13.6 Å². The van der Waals surface area contributed by atoms with Crippen molar-refractivity contribution in [3.05, 3.63) is 65.7 Å². The summed E-state index contributed by atoms with van der Waals surface area (Å²) in [6.45, 7) is 1.89. The van der Waals surface area contributed by atoms with Crippen LogP contribution in [0.2, 0.25) is 0 Å². The van der Waals surface area contributed by atoms with Gasteiger partial charge in [0.25, 0.3) is 0 Å². The SMILES string of the molecule is CN=C(NCC(=O)NCCc1ccccc1)NC1CCN(c2ccc(F)cc2F)C1.I. The fraction of sp³-hybridized carbons (Fsp3) is 0.364. The number of hydrogen-bond acceptors (Lipinski definition) is 3. The van der Waals surface area contributed by atoms with Gasteiger partial charge >= 0.3 is 0 Å². The van der Waals surface area contributed by atoms with Crippen molar-refractivity contribution in [2.45, 2.75) is 18.9 Å². The molecule has 1 aliphatic rings. The molecule has 0 saturated carbocycles. The lowest BCUT2D eigenvalue weighted by atomic mass is 10.1. The second-order valence-corrected chi connectivity index (χ2v) is 7.18. The first-order chi connectivity index (χ1) is 14.5. The Morgan fingerprint density at radius 1 is 1.16 bits per heavy atom. The Hall–Kier alpha value is -2.43. The van der Waals surface area contributed by atoms with E-state index in [1.807, 2.05) is 35.2 Å². The normalized spacial score (nSPS) is 15.9. The number of guanidine groups is 1. The second-order valence-electron chi connectivity index (χ2n) is 7.18. The summed E-state index contributed by atoms with van der Waals surface area (Å²) in [4.78, 5) is 18.1. The number of nitrogens with one attached hydrogen (secondary N) is 3. The standard InChI is InChI=1S/C22H27F2N5O.HI/c1-25-22(27-14-21(30)26-11-9-16-5-3-2-4-6-16)28-18-10-12-29(15-18)20-8-7-17(23)13-19(20)24;/h2-8,13,18H,9-12,14-15H2,1H3,(H,26,30)(H2,25,27,28);1H. The van der Waals surface area contributed by atoms with Crippen LogP contribution in [0, 0.1) is 11.6 Å². The molecule has 3 N–H and O–H groups in total. The van der Waals surface area contributed by atoms with Crippen LogP contribution in [-0.4, -0.2) is 51.1 Å². The predicted molar refractivity (Wildman–Crippen MR) is 130 cm³/mol. The van der Waals surface area contributed by atoms with Gasteiger partial charge in [0.05, 0.1) is 12.2 Å². The molecule has 0 aromatic heterocycles. The zero-order valence-corrected chi connectivity index (χ0v) is 19.7. The molecule has 31 heavy (non-hydrogen) atoms. The van der Waals surface area contributed by atoms with Gasteiger partial charge in [0.15, 0.2) is 5.96 Å². The number of benzene rings is 2. The molecule has 2 aromatic rings. The zero-order chi connectivity index (χ0) is 21.3. The number of carbonyl (C=O) groups is 1. The minimum atomic E-state index is -0.586. The van der Waals surface area contributed by atoms with Gasteiger partial charge in [-0.15, -0.1) is 24.0 Å². The van der Waals surface area contributed by atoms with Gasteiger partial charge in [-0.05, 0) is 30.5 Å². The number of carbonyl (C=O) groups excluding carboxylic acids is 1. The minimum absolute atomic E-state index is 0. The second kappa shape index (κ2) is 12.4. The fourth-order valence-corrected chi connectivity index (χ4v) is 3.44. The highest BCUT2D eigenvalue weighted by atomic mass is 127. The highest BCUT2D eigenvalue weighted by molar-refractivity contribution is 14.0. The summed E-state index contributed by atoms with van der Waals surface area (Å²) in [6.07, 6.45) is 1.55. The lowest BCUT2D eigenvalue weighted by Gasteiger charge is -2.21. The van der Waals surface area contributed by atoms with Gasteiger partial charge in [-0.3, -0.25) is 9.79 Å². The molecule has 1 heterocycles. The summed E-state index contributed by atoms with van der Waals surface area (Å²) in [5, 5.41) is 9.14. The van der Waals surface area contributed by atoms with E-state index in [0.717, 1.165) is 18.9 Å². The quantitative estimate of drug-likeness (QED) is 0.286. The molecule has 1 unspecified atom stereocenters. The Morgan fingerprint density at radius 3 is 2.65 bits per heavy atom. The summed E-state index contributed by atoms with van der Waals surface area (Å²) in [5.41, 5.74) is 1.56. The van der Waals surface area contributed by atoms with Crippen LogP contribution in [0.1, 0.15) is 12.0 Å². The number of halogens is 3. The highest BCUT2D eigenvalue weighted by Crippen LogP contribution is 2.24. The molecule has 6 nitrogen and oxygen atoms in total. The van der Waals surface area contributed by atoms with Crippen LogP contribution in [-0.2, 0) is 11.2 Å². The van der Waals surface area contributed by atoms with Gasteiger partial charge in [0, 0.05) is 38.8 Å². The summed E-state index contributed by atoms with van der Waals surface area (Å²) >= 11 is 0. The molecule has 1 fully saturated rings. The topological polar surface area (TPSA) is 68.8 Å². The minimum Gasteiger partial charge on any atom is -0.367 e. The van der Waals surface area contributed by atoms with Crippen molar-refractivity contribution in [1.29, 1.82) is 0 Å². The molecular weight excluding hydrogens is 515 g/mol. The van der Waals surface area contributed by atoms with Crippen LogP contribution in [0.3, 0.4) is 0 Å². The Balaban J connectivity index is 0.00000341. The maximum atomic E-state index is 14.0. The molecule has 0 radical (unpaired) electrons. The van der Waals surface area contributed by atoms with Crippen LogP contribution < -0.4 is 20.9 Å². The Bertz CT molecular complexity index is 881. The number of anilines is 1. The summed E-state index contributed by atoms with van der Waals surface area (Å²) in [5.74, 6) is -0.753. The van der Waals surface area contributed by atoms with E-state index in [1.165, 1.54) is 17.7 Å². The van der Waals surface area contributed by atoms with Crippen LogP contribution in [0.25, 0.3) is 0 Å². The lowest BCUT2D eigenvalue weighted by molar-refractivity contribution is -0.119. The van der Waals surface area contributed by atoms with Crippen molar-refractivity contribution in [2.24, 2.45) is 4.99 Å². The monoisotopic (exact) mass is 543 g/mol. The van der Waals surface area contributed by atoms with E-state index in [1.54, 1.807) is 7.05 Å². The molecule has 168 valence electrons. The molecule has 0 aliphatic carbocycles. The van der Waals surface area contributed by atoms with Gasteiger partial charge in [-0.1, -0.05) is 30.3 Å². The van der Waals surface area contributed by atoms with Crippen LogP contribution in [0.5, 0.6) is 0 Å². The maximum absolute atomic E-state index is 14.0. The van der Waals surface area contributed by atoms with Crippen LogP contribution in [0.15, 0.2) is 53.5 Å². The van der Waals surface area contributed by atoms with E-state index in [9.17, 15) is 13.6 Å². The molecule has 9 heteroatoms. The summed E-state index contributed by atoms with van der Waals surface area (Å²) in [7, 11) is 1.63. The van der Waals surface area contributed by atoms with Crippen LogP contribution >= 0.6 is 24.0 Å². The van der Waals surface area contributed by atoms with Crippen molar-refractivity contribution in [3.8, 4) is 0 Å². The third kappa shape index (κ3) is 7.64. The smallest absolute Gasteiger partial charge is 0.239 e. The molecular formula is C22H28F2IN5O. The van der Waals surface area contributed by atoms with Crippen molar-refractivity contribution in [3.63, 3.8) is 0 Å². The third-order valence-electron chi connectivity index (χ3n) is 5.00.